The lowest BCUT2D eigenvalue weighted by Crippen LogP contribution is -2.55. The molecule has 176 valence electrons. The van der Waals surface area contributed by atoms with Crippen molar-refractivity contribution >= 4 is 15.7 Å². The summed E-state index contributed by atoms with van der Waals surface area (Å²) in [6, 6.07) is 7.74. The van der Waals surface area contributed by atoms with Crippen LogP contribution < -0.4 is 4.74 Å². The molecule has 1 amide bonds. The Bertz CT molecular complexity index is 1260. The summed E-state index contributed by atoms with van der Waals surface area (Å²) in [5, 5.41) is 10.2. The monoisotopic (exact) mass is 486 g/mol. The van der Waals surface area contributed by atoms with Crippen LogP contribution in [0.15, 0.2) is 47.4 Å². The number of alkyl halides is 3. The first kappa shape index (κ1) is 22.8. The van der Waals surface area contributed by atoms with Gasteiger partial charge in [0, 0.05) is 17.7 Å². The average molecular weight is 486 g/mol. The minimum atomic E-state index is -5.73. The summed E-state index contributed by atoms with van der Waals surface area (Å²) in [7, 11) is -5.73. The van der Waals surface area contributed by atoms with Crippen LogP contribution in [-0.2, 0) is 21.2 Å². The van der Waals surface area contributed by atoms with Gasteiger partial charge < -0.3 is 14.5 Å². The van der Waals surface area contributed by atoms with E-state index in [1.54, 1.807) is 24.3 Å². The number of sulfone groups is 1. The Balaban J connectivity index is 1.91. The zero-order valence-corrected chi connectivity index (χ0v) is 18.0. The second-order valence-corrected chi connectivity index (χ2v) is 10.1. The van der Waals surface area contributed by atoms with Crippen LogP contribution in [0.4, 0.5) is 13.2 Å². The fraction of sp³-hybridized carbons (Fsp3) is 0.350. The average Bonchev–Trinajstić information content (AvgIpc) is 3.03. The molecule has 0 spiro atoms. The van der Waals surface area contributed by atoms with Gasteiger partial charge in [-0.25, -0.2) is 8.42 Å². The van der Waals surface area contributed by atoms with Crippen LogP contribution >= 0.6 is 0 Å². The van der Waals surface area contributed by atoms with Crippen molar-refractivity contribution in [3.8, 4) is 5.75 Å². The van der Waals surface area contributed by atoms with Gasteiger partial charge in [-0.3, -0.25) is 4.79 Å². The van der Waals surface area contributed by atoms with Gasteiger partial charge >= 0.3 is 5.51 Å². The molecule has 0 saturated carbocycles. The van der Waals surface area contributed by atoms with Crippen molar-refractivity contribution in [2.45, 2.75) is 48.5 Å². The summed E-state index contributed by atoms with van der Waals surface area (Å²) in [4.78, 5) is 29.4. The largest absolute Gasteiger partial charge is 0.501 e. The van der Waals surface area contributed by atoms with Crippen molar-refractivity contribution in [1.82, 2.24) is 4.90 Å². The van der Waals surface area contributed by atoms with Gasteiger partial charge in [-0.1, -0.05) is 18.2 Å². The molecule has 2 heterocycles. The highest BCUT2D eigenvalue weighted by Gasteiger charge is 2.53. The highest BCUT2D eigenvalue weighted by molar-refractivity contribution is 7.92. The van der Waals surface area contributed by atoms with Crippen LogP contribution in [0.2, 0.25) is 0 Å². The van der Waals surface area contributed by atoms with Gasteiger partial charge in [0.15, 0.2) is 6.10 Å². The molecule has 0 aromatic heterocycles. The van der Waals surface area contributed by atoms with Crippen LogP contribution in [0, 0.1) is 10.1 Å². The number of amides is 1. The lowest BCUT2D eigenvalue weighted by Gasteiger charge is -2.46. The molecule has 0 radical (unpaired) electrons. The topological polar surface area (TPSA) is 116 Å². The van der Waals surface area contributed by atoms with E-state index < -0.39 is 49.0 Å². The van der Waals surface area contributed by atoms with Crippen molar-refractivity contribution in [1.29, 1.82) is 0 Å². The van der Waals surface area contributed by atoms with Gasteiger partial charge in [0.1, 0.15) is 11.4 Å². The molecule has 2 aliphatic heterocycles. The van der Waals surface area contributed by atoms with Crippen molar-refractivity contribution in [3.05, 3.63) is 69.3 Å². The predicted octanol–water partition coefficient (Wildman–Crippen LogP) is 3.43. The van der Waals surface area contributed by atoms with E-state index in [-0.39, 0.29) is 17.9 Å². The summed E-state index contributed by atoms with van der Waals surface area (Å²) >= 11 is 0. The zero-order chi connectivity index (χ0) is 24.3. The number of fused-ring (bicyclic) bond motifs is 2. The highest BCUT2D eigenvalue weighted by atomic mass is 32.2. The molecule has 33 heavy (non-hydrogen) atoms. The lowest BCUT2D eigenvalue weighted by atomic mass is 9.85. The quantitative estimate of drug-likeness (QED) is 0.480. The number of halogens is 3. The number of nitrogens with zero attached hydrogens (tertiary/aromatic N) is 2. The summed E-state index contributed by atoms with van der Waals surface area (Å²) in [6.45, 7) is 2.92. The molecule has 0 aliphatic carbocycles. The SMILES string of the molecule is CC1(C)Oc2ccc(S(=O)(=O)C(F)(F)F)cc2C(N2Cc3ccccc3C2=O)C1O[N+](=O)[O-]. The molecule has 2 aromatic rings. The second-order valence-electron chi connectivity index (χ2n) is 8.14. The van der Waals surface area contributed by atoms with E-state index in [1.165, 1.54) is 18.7 Å². The van der Waals surface area contributed by atoms with Crippen molar-refractivity contribution in [2.75, 3.05) is 0 Å². The Kier molecular flexibility index (Phi) is 5.07. The molecule has 4 rings (SSSR count). The molecular weight excluding hydrogens is 469 g/mol. The molecular formula is C20H17F3N2O7S. The van der Waals surface area contributed by atoms with E-state index in [0.717, 1.165) is 18.2 Å². The molecule has 0 fully saturated rings. The third-order valence-corrected chi connectivity index (χ3v) is 7.13. The van der Waals surface area contributed by atoms with E-state index >= 15 is 0 Å². The van der Waals surface area contributed by atoms with Gasteiger partial charge in [0.25, 0.3) is 20.8 Å². The molecule has 2 unspecified atom stereocenters. The van der Waals surface area contributed by atoms with Crippen LogP contribution in [0.5, 0.6) is 5.75 Å². The Morgan fingerprint density at radius 3 is 2.48 bits per heavy atom. The van der Waals surface area contributed by atoms with Crippen LogP contribution in [0.1, 0.15) is 41.4 Å². The third kappa shape index (κ3) is 3.65. The molecule has 13 heteroatoms. The lowest BCUT2D eigenvalue weighted by molar-refractivity contribution is -0.774. The fourth-order valence-corrected chi connectivity index (χ4v) is 4.94. The minimum absolute atomic E-state index is 0.0109. The molecule has 0 bridgehead atoms. The first-order valence-electron chi connectivity index (χ1n) is 9.58. The number of benzene rings is 2. The molecule has 2 aliphatic rings. The minimum Gasteiger partial charge on any atom is -0.485 e. The summed E-state index contributed by atoms with van der Waals surface area (Å²) in [6.07, 6.45) is -1.47. The predicted molar refractivity (Wildman–Crippen MR) is 105 cm³/mol. The number of ether oxygens (including phenoxy) is 1. The number of carbonyl (C=O) groups excluding carboxylic acids is 1. The Morgan fingerprint density at radius 2 is 1.88 bits per heavy atom. The maximum atomic E-state index is 13.2. The number of carbonyl (C=O) groups is 1. The van der Waals surface area contributed by atoms with Gasteiger partial charge in [0.2, 0.25) is 0 Å². The number of rotatable bonds is 4. The van der Waals surface area contributed by atoms with Crippen LogP contribution in [0.3, 0.4) is 0 Å². The number of hydrogen-bond acceptors (Lipinski definition) is 7. The molecule has 9 nitrogen and oxygen atoms in total. The van der Waals surface area contributed by atoms with E-state index in [9.17, 15) is 36.5 Å². The van der Waals surface area contributed by atoms with E-state index in [0.29, 0.717) is 11.1 Å². The van der Waals surface area contributed by atoms with E-state index in [2.05, 4.69) is 0 Å². The Morgan fingerprint density at radius 1 is 1.21 bits per heavy atom. The summed E-state index contributed by atoms with van der Waals surface area (Å²) in [5.41, 5.74) is -6.19. The van der Waals surface area contributed by atoms with Crippen molar-refractivity contribution in [2.24, 2.45) is 0 Å². The maximum Gasteiger partial charge on any atom is 0.501 e. The standard InChI is InChI=1S/C20H17F3N2O7S/c1-19(2)17(32-25(27)28)16(24-10-11-5-3-4-6-13(11)18(24)26)14-9-12(7-8-15(14)31-19)33(29,30)20(21,22)23/h3-9,16-17H,10H2,1-2H3. The first-order valence-corrected chi connectivity index (χ1v) is 11.1. The van der Waals surface area contributed by atoms with Crippen molar-refractivity contribution < 1.29 is 41.0 Å². The number of hydrogen-bond donors (Lipinski definition) is 0. The Hall–Kier alpha value is -3.35. The van der Waals surface area contributed by atoms with Gasteiger partial charge in [-0.15, -0.1) is 10.1 Å². The van der Waals surface area contributed by atoms with Crippen molar-refractivity contribution in [3.63, 3.8) is 0 Å². The second kappa shape index (κ2) is 7.33. The van der Waals surface area contributed by atoms with Crippen LogP contribution in [0.25, 0.3) is 0 Å². The van der Waals surface area contributed by atoms with E-state index in [1.807, 2.05) is 0 Å². The fourth-order valence-electron chi connectivity index (χ4n) is 4.15. The highest BCUT2D eigenvalue weighted by Crippen LogP contribution is 2.48. The van der Waals surface area contributed by atoms with Gasteiger partial charge in [-0.2, -0.15) is 13.2 Å². The molecule has 2 atom stereocenters. The van der Waals surface area contributed by atoms with Gasteiger partial charge in [0.05, 0.1) is 10.9 Å². The van der Waals surface area contributed by atoms with E-state index in [4.69, 9.17) is 9.57 Å². The molecule has 0 N–H and O–H groups in total. The normalized spacial score (nSPS) is 21.7. The smallest absolute Gasteiger partial charge is 0.485 e. The molecule has 0 saturated heterocycles. The summed E-state index contributed by atoms with van der Waals surface area (Å²) < 4.78 is 69.3. The summed E-state index contributed by atoms with van der Waals surface area (Å²) in [5.74, 6) is -0.543. The zero-order valence-electron chi connectivity index (χ0n) is 17.2. The van der Waals surface area contributed by atoms with Gasteiger partial charge in [-0.05, 0) is 43.7 Å². The third-order valence-electron chi connectivity index (χ3n) is 5.64. The molecule has 2 aromatic carbocycles. The Labute approximate surface area is 185 Å². The maximum absolute atomic E-state index is 13.2. The first-order chi connectivity index (χ1) is 15.2. The van der Waals surface area contributed by atoms with Crippen LogP contribution in [-0.4, -0.2) is 41.5 Å².